The highest BCUT2D eigenvalue weighted by Crippen LogP contribution is 2.60. The van der Waals surface area contributed by atoms with Gasteiger partial charge in [0.2, 0.25) is 0 Å². The Morgan fingerprint density at radius 1 is 0.301 bits per heavy atom. The summed E-state index contributed by atoms with van der Waals surface area (Å²) in [4.78, 5) is 2.61. The van der Waals surface area contributed by atoms with Gasteiger partial charge in [0.1, 0.15) is 0 Å². The van der Waals surface area contributed by atoms with Gasteiger partial charge in [-0.15, -0.1) is 0 Å². The zero-order valence-corrected chi connectivity index (χ0v) is 50.3. The molecule has 416 valence electrons. The first-order chi connectivity index (χ1) is 40.9. The molecular formula is C82H83N. The van der Waals surface area contributed by atoms with Crippen molar-refractivity contribution in [1.29, 1.82) is 0 Å². The van der Waals surface area contributed by atoms with E-state index in [0.29, 0.717) is 0 Å². The number of nitrogens with zero attached hydrogens (tertiary/aromatic N) is 1. The van der Waals surface area contributed by atoms with Crippen molar-refractivity contribution in [2.45, 2.75) is 155 Å². The van der Waals surface area contributed by atoms with Gasteiger partial charge in [0.15, 0.2) is 0 Å². The molecule has 11 aromatic rings. The van der Waals surface area contributed by atoms with E-state index in [-0.39, 0.29) is 10.8 Å². The van der Waals surface area contributed by atoms with Crippen LogP contribution in [0.3, 0.4) is 0 Å². The van der Waals surface area contributed by atoms with Gasteiger partial charge in [0, 0.05) is 27.3 Å². The second-order valence-electron chi connectivity index (χ2n) is 24.8. The van der Waals surface area contributed by atoms with E-state index in [1.54, 1.807) is 5.56 Å². The second kappa shape index (κ2) is 23.1. The van der Waals surface area contributed by atoms with Gasteiger partial charge in [-0.05, 0) is 180 Å². The first kappa shape index (κ1) is 54.5. The van der Waals surface area contributed by atoms with Crippen molar-refractivity contribution in [2.75, 3.05) is 4.90 Å². The molecule has 0 spiro atoms. The normalized spacial score (nSPS) is 13.7. The van der Waals surface area contributed by atoms with Crippen LogP contribution in [0.15, 0.2) is 200 Å². The summed E-state index contributed by atoms with van der Waals surface area (Å²) >= 11 is 0. The van der Waals surface area contributed by atoms with Crippen molar-refractivity contribution >= 4 is 60.2 Å². The Balaban J connectivity index is 1.04. The Kier molecular flexibility index (Phi) is 15.2. The minimum atomic E-state index is -0.167. The van der Waals surface area contributed by atoms with E-state index in [0.717, 1.165) is 12.8 Å². The first-order valence-electron chi connectivity index (χ1n) is 32.1. The van der Waals surface area contributed by atoms with Gasteiger partial charge in [-0.2, -0.15) is 0 Å². The average Bonchev–Trinajstić information content (AvgIpc) is 2.59. The number of rotatable bonds is 21. The van der Waals surface area contributed by atoms with E-state index in [1.807, 2.05) is 0 Å². The summed E-state index contributed by atoms with van der Waals surface area (Å²) in [5, 5.41) is 10.5. The zero-order chi connectivity index (χ0) is 56.7. The quantitative estimate of drug-likeness (QED) is 0.0512. The van der Waals surface area contributed by atoms with E-state index in [1.165, 1.54) is 222 Å². The third-order valence-electron chi connectivity index (χ3n) is 19.9. The van der Waals surface area contributed by atoms with Crippen LogP contribution in [0.1, 0.15) is 164 Å². The van der Waals surface area contributed by atoms with Gasteiger partial charge in [-0.1, -0.05) is 275 Å². The molecule has 13 rings (SSSR count). The topological polar surface area (TPSA) is 3.24 Å². The average molecular weight is 1080 g/mol. The van der Waals surface area contributed by atoms with Crippen LogP contribution in [0, 0.1) is 13.8 Å². The Bertz CT molecular complexity index is 4040. The molecule has 0 fully saturated rings. The zero-order valence-electron chi connectivity index (χ0n) is 50.3. The molecule has 0 amide bonds. The molecule has 0 saturated heterocycles. The van der Waals surface area contributed by atoms with Crippen molar-refractivity contribution in [3.8, 4) is 44.5 Å². The third kappa shape index (κ3) is 9.20. The van der Waals surface area contributed by atoms with Crippen LogP contribution < -0.4 is 4.90 Å². The van der Waals surface area contributed by atoms with Gasteiger partial charge >= 0.3 is 0 Å². The minimum absolute atomic E-state index is 0.0409. The minimum Gasteiger partial charge on any atom is -0.309 e. The molecule has 0 heterocycles. The molecule has 0 saturated carbocycles. The molecule has 2 aliphatic rings. The molecular weight excluding hydrogens is 999 g/mol. The highest BCUT2D eigenvalue weighted by molar-refractivity contribution is 6.22. The van der Waals surface area contributed by atoms with Crippen LogP contribution in [0.4, 0.5) is 17.1 Å². The highest BCUT2D eigenvalue weighted by Gasteiger charge is 2.45. The van der Waals surface area contributed by atoms with E-state index < -0.39 is 0 Å². The van der Waals surface area contributed by atoms with Crippen molar-refractivity contribution < 1.29 is 0 Å². The highest BCUT2D eigenvalue weighted by atomic mass is 15.1. The number of benzene rings is 11. The maximum atomic E-state index is 2.71. The molecule has 0 bridgehead atoms. The lowest BCUT2D eigenvalue weighted by molar-refractivity contribution is 0.401. The number of hydrogen-bond acceptors (Lipinski definition) is 1. The van der Waals surface area contributed by atoms with Crippen LogP contribution in [-0.2, 0) is 10.8 Å². The molecule has 2 aliphatic carbocycles. The predicted molar refractivity (Wildman–Crippen MR) is 360 cm³/mol. The van der Waals surface area contributed by atoms with Crippen molar-refractivity contribution in [3.05, 3.63) is 234 Å². The lowest BCUT2D eigenvalue weighted by atomic mass is 9.68. The Labute approximate surface area is 495 Å². The molecule has 0 unspecified atom stereocenters. The summed E-state index contributed by atoms with van der Waals surface area (Å²) in [5.74, 6) is 0. The van der Waals surface area contributed by atoms with Crippen molar-refractivity contribution in [1.82, 2.24) is 0 Å². The third-order valence-corrected chi connectivity index (χ3v) is 19.9. The van der Waals surface area contributed by atoms with Gasteiger partial charge in [0.05, 0.1) is 11.4 Å². The Morgan fingerprint density at radius 3 is 1.29 bits per heavy atom. The van der Waals surface area contributed by atoms with Crippen LogP contribution in [0.5, 0.6) is 0 Å². The van der Waals surface area contributed by atoms with Crippen LogP contribution in [0.2, 0.25) is 0 Å². The standard InChI is InChI=1S/C82H83N/c1-7-11-15-27-52-81(53-28-16-12-8-2)74-54-58(44-46-63(74)64-47-45-59(55-75(64)81)83(76-48-42-56(5)60-30-17-19-33-65(60)76)77-49-43-57(6)61-31-18-20-34-66(61)77)78-67-35-21-23-37-69(67)79(70-38-24-22-36-68(70)78)72-40-29-39-71-62-32-25-26-41-73(62)82(80(71)72,50-13-9-3)51-14-10-4/h17-26,29-49,54-55H,7-16,27-28,50-53H2,1-6H3. The second-order valence-corrected chi connectivity index (χ2v) is 24.8. The van der Waals surface area contributed by atoms with Crippen LogP contribution in [-0.4, -0.2) is 0 Å². The summed E-state index contributed by atoms with van der Waals surface area (Å²) in [5.41, 5.74) is 23.3. The lowest BCUT2D eigenvalue weighted by Crippen LogP contribution is -2.26. The smallest absolute Gasteiger partial charge is 0.0540 e. The summed E-state index contributed by atoms with van der Waals surface area (Å²) in [6, 6.07) is 78.5. The number of aryl methyl sites for hydroxylation is 2. The summed E-state index contributed by atoms with van der Waals surface area (Å²) in [6.45, 7) is 14.0. The van der Waals surface area contributed by atoms with E-state index in [4.69, 9.17) is 0 Å². The predicted octanol–water partition coefficient (Wildman–Crippen LogP) is 24.6. The SMILES string of the molecule is CCCCCCC1(CCCCCC)c2cc(-c3c4ccccc4c(-c4cccc5c4C(CCCC)(CCCC)c4ccccc4-5)c4ccccc34)ccc2-c2ccc(N(c3ccc(C)c4ccccc34)c3ccc(C)c4ccccc34)cc21. The molecule has 0 N–H and O–H groups in total. The van der Waals surface area contributed by atoms with E-state index in [9.17, 15) is 0 Å². The fourth-order valence-electron chi connectivity index (χ4n) is 15.9. The van der Waals surface area contributed by atoms with Crippen molar-refractivity contribution in [3.63, 3.8) is 0 Å². The van der Waals surface area contributed by atoms with Crippen LogP contribution in [0.25, 0.3) is 87.6 Å². The maximum Gasteiger partial charge on any atom is 0.0540 e. The molecule has 0 aromatic heterocycles. The van der Waals surface area contributed by atoms with E-state index >= 15 is 0 Å². The van der Waals surface area contributed by atoms with E-state index in [2.05, 4.69) is 247 Å². The summed E-state index contributed by atoms with van der Waals surface area (Å²) in [7, 11) is 0. The molecule has 83 heavy (non-hydrogen) atoms. The number of hydrogen-bond donors (Lipinski definition) is 0. The Hall–Kier alpha value is -7.74. The number of unbranched alkanes of at least 4 members (excludes halogenated alkanes) is 8. The fourth-order valence-corrected chi connectivity index (χ4v) is 15.9. The van der Waals surface area contributed by atoms with Gasteiger partial charge in [-0.25, -0.2) is 0 Å². The number of fused-ring (bicyclic) bond motifs is 10. The molecule has 0 radical (unpaired) electrons. The number of anilines is 3. The molecule has 1 nitrogen and oxygen atoms in total. The van der Waals surface area contributed by atoms with Gasteiger partial charge in [-0.3, -0.25) is 0 Å². The molecule has 0 aliphatic heterocycles. The monoisotopic (exact) mass is 1080 g/mol. The molecule has 1 heteroatoms. The summed E-state index contributed by atoms with van der Waals surface area (Å²) < 4.78 is 0. The fraction of sp³-hybridized carbons (Fsp3) is 0.293. The molecule has 0 atom stereocenters. The molecule has 11 aromatic carbocycles. The van der Waals surface area contributed by atoms with Gasteiger partial charge in [0.25, 0.3) is 0 Å². The lowest BCUT2D eigenvalue weighted by Gasteiger charge is -2.35. The Morgan fingerprint density at radius 2 is 0.735 bits per heavy atom. The van der Waals surface area contributed by atoms with Crippen molar-refractivity contribution in [2.24, 2.45) is 0 Å². The maximum absolute atomic E-state index is 2.71. The first-order valence-corrected chi connectivity index (χ1v) is 32.1. The largest absolute Gasteiger partial charge is 0.309 e. The van der Waals surface area contributed by atoms with Gasteiger partial charge < -0.3 is 4.90 Å². The van der Waals surface area contributed by atoms with Crippen LogP contribution >= 0.6 is 0 Å². The summed E-state index contributed by atoms with van der Waals surface area (Å²) in [6.07, 6.45) is 19.3.